The van der Waals surface area contributed by atoms with Crippen LogP contribution in [0.2, 0.25) is 0 Å². The number of anilines is 2. The highest BCUT2D eigenvalue weighted by Crippen LogP contribution is 2.40. The lowest BCUT2D eigenvalue weighted by molar-refractivity contribution is 0.0531. The van der Waals surface area contributed by atoms with Crippen molar-refractivity contribution < 1.29 is 14.3 Å². The van der Waals surface area contributed by atoms with Gasteiger partial charge in [0.2, 0.25) is 0 Å². The molecule has 2 bridgehead atoms. The van der Waals surface area contributed by atoms with E-state index in [2.05, 4.69) is 43.5 Å². The molecule has 0 radical (unpaired) electrons. The highest BCUT2D eigenvalue weighted by atomic mass is 16.6. The number of hydrogen-bond donors (Lipinski definition) is 2. The number of aromatic nitrogens is 2. The van der Waals surface area contributed by atoms with E-state index in [-0.39, 0.29) is 29.6 Å². The van der Waals surface area contributed by atoms with Crippen LogP contribution in [-0.2, 0) is 23.2 Å². The summed E-state index contributed by atoms with van der Waals surface area (Å²) in [6.45, 7) is 8.68. The Bertz CT molecular complexity index is 1610. The van der Waals surface area contributed by atoms with E-state index in [0.717, 1.165) is 60.3 Å². The largest absolute Gasteiger partial charge is 0.445 e. The van der Waals surface area contributed by atoms with Crippen molar-refractivity contribution in [3.05, 3.63) is 107 Å². The van der Waals surface area contributed by atoms with E-state index in [1.54, 1.807) is 4.68 Å². The van der Waals surface area contributed by atoms with Crippen LogP contribution < -0.4 is 10.6 Å². The topological polar surface area (TPSA) is 88.5 Å². The summed E-state index contributed by atoms with van der Waals surface area (Å²) in [7, 11) is 0. The van der Waals surface area contributed by atoms with Crippen molar-refractivity contribution in [1.82, 2.24) is 14.7 Å². The van der Waals surface area contributed by atoms with Crippen LogP contribution in [0, 0.1) is 12.8 Å². The molecule has 0 aliphatic carbocycles. The minimum Gasteiger partial charge on any atom is -0.445 e. The van der Waals surface area contributed by atoms with Crippen LogP contribution >= 0.6 is 0 Å². The molecule has 1 aromatic heterocycles. The summed E-state index contributed by atoms with van der Waals surface area (Å²) in [6, 6.07) is 28.1. The van der Waals surface area contributed by atoms with Crippen molar-refractivity contribution in [2.24, 2.45) is 5.92 Å². The molecule has 45 heavy (non-hydrogen) atoms. The van der Waals surface area contributed by atoms with E-state index in [1.165, 1.54) is 5.56 Å². The molecule has 2 N–H and O–H groups in total. The molecule has 0 spiro atoms. The normalized spacial score (nSPS) is 19.3. The van der Waals surface area contributed by atoms with E-state index in [9.17, 15) is 9.59 Å². The summed E-state index contributed by atoms with van der Waals surface area (Å²) in [5, 5.41) is 10.8. The van der Waals surface area contributed by atoms with E-state index >= 15 is 0 Å². The zero-order valence-corrected chi connectivity index (χ0v) is 26.6. The van der Waals surface area contributed by atoms with Crippen LogP contribution in [0.3, 0.4) is 0 Å². The number of carbonyl (C=O) groups excluding carboxylic acids is 2. The van der Waals surface area contributed by atoms with Gasteiger partial charge in [-0.3, -0.25) is 5.32 Å². The minimum atomic E-state index is -0.320. The Kier molecular flexibility index (Phi) is 8.65. The zero-order chi connectivity index (χ0) is 31.6. The first-order valence-corrected chi connectivity index (χ1v) is 16.0. The summed E-state index contributed by atoms with van der Waals surface area (Å²) < 4.78 is 7.46. The average molecular weight is 606 g/mol. The van der Waals surface area contributed by atoms with Crippen LogP contribution in [0.25, 0.3) is 5.69 Å². The van der Waals surface area contributed by atoms with Gasteiger partial charge in [-0.25, -0.2) is 14.3 Å². The Hall–Kier alpha value is -4.59. The van der Waals surface area contributed by atoms with Crippen molar-refractivity contribution in [2.75, 3.05) is 10.6 Å². The lowest BCUT2D eigenvalue weighted by atomic mass is 9.86. The predicted molar refractivity (Wildman–Crippen MR) is 178 cm³/mol. The fourth-order valence-corrected chi connectivity index (χ4v) is 6.60. The number of nitrogens with one attached hydrogen (secondary N) is 2. The number of rotatable bonds is 7. The Morgan fingerprint density at radius 1 is 0.867 bits per heavy atom. The van der Waals surface area contributed by atoms with Crippen LogP contribution in [0.1, 0.15) is 68.8 Å². The molecule has 2 atom stereocenters. The van der Waals surface area contributed by atoms with Crippen LogP contribution in [0.4, 0.5) is 21.1 Å². The SMILES string of the molecule is Cc1ccc(-n2nc(C(C)(C)C)cc2NC(=O)Nc2ccc(CC3CC4CCC(C3)N4C(=O)OCc3ccccc3)cc2)cc1. The Labute approximate surface area is 265 Å². The number of aryl methyl sites for hydroxylation is 1. The summed E-state index contributed by atoms with van der Waals surface area (Å²) >= 11 is 0. The van der Waals surface area contributed by atoms with Gasteiger partial charge in [0.1, 0.15) is 12.4 Å². The highest BCUT2D eigenvalue weighted by molar-refractivity contribution is 5.99. The molecule has 8 nitrogen and oxygen atoms in total. The molecule has 3 heterocycles. The number of benzene rings is 3. The second-order valence-corrected chi connectivity index (χ2v) is 13.6. The summed E-state index contributed by atoms with van der Waals surface area (Å²) in [4.78, 5) is 28.0. The number of amides is 3. The van der Waals surface area contributed by atoms with Crippen molar-refractivity contribution in [1.29, 1.82) is 0 Å². The molecular weight excluding hydrogens is 562 g/mol. The minimum absolute atomic E-state index is 0.166. The van der Waals surface area contributed by atoms with E-state index in [0.29, 0.717) is 18.3 Å². The first-order valence-electron chi connectivity index (χ1n) is 16.0. The van der Waals surface area contributed by atoms with E-state index in [4.69, 9.17) is 9.84 Å². The molecule has 6 rings (SSSR count). The maximum atomic E-state index is 13.1. The third kappa shape index (κ3) is 7.22. The standard InChI is InChI=1S/C37H43N5O3/c1-25-10-16-30(17-11-25)42-34(23-33(40-42)37(2,3)4)39-35(43)38-29-14-12-26(13-15-29)20-28-21-31-18-19-32(22-28)41(31)36(44)45-24-27-8-6-5-7-9-27/h5-17,23,28,31-32H,18-22,24H2,1-4H3,(H2,38,39,43). The van der Waals surface area contributed by atoms with Crippen LogP contribution in [0.15, 0.2) is 84.9 Å². The number of hydrogen-bond acceptors (Lipinski definition) is 4. The molecule has 2 fully saturated rings. The summed E-state index contributed by atoms with van der Waals surface area (Å²) in [6.07, 6.45) is 4.83. The molecule has 4 aromatic rings. The predicted octanol–water partition coefficient (Wildman–Crippen LogP) is 8.24. The average Bonchev–Trinajstić information content (AvgIpc) is 3.56. The molecule has 0 saturated carbocycles. The lowest BCUT2D eigenvalue weighted by Gasteiger charge is -2.38. The summed E-state index contributed by atoms with van der Waals surface area (Å²) in [5.41, 5.74) is 5.75. The van der Waals surface area contributed by atoms with Gasteiger partial charge in [0.15, 0.2) is 0 Å². The maximum absolute atomic E-state index is 13.1. The van der Waals surface area contributed by atoms with Crippen molar-refractivity contribution >= 4 is 23.6 Å². The molecule has 2 aliphatic heterocycles. The van der Waals surface area contributed by atoms with Crippen molar-refractivity contribution in [3.63, 3.8) is 0 Å². The zero-order valence-electron chi connectivity index (χ0n) is 26.6. The second-order valence-electron chi connectivity index (χ2n) is 13.6. The molecule has 3 aromatic carbocycles. The van der Waals surface area contributed by atoms with E-state index < -0.39 is 0 Å². The quantitative estimate of drug-likeness (QED) is 0.222. The van der Waals surface area contributed by atoms with Gasteiger partial charge >= 0.3 is 12.1 Å². The van der Waals surface area contributed by atoms with Gasteiger partial charge in [0.05, 0.1) is 11.4 Å². The molecular formula is C37H43N5O3. The number of fused-ring (bicyclic) bond motifs is 2. The fraction of sp³-hybridized carbons (Fsp3) is 0.378. The monoisotopic (exact) mass is 605 g/mol. The first kappa shape index (κ1) is 30.4. The van der Waals surface area contributed by atoms with E-state index in [1.807, 2.05) is 84.6 Å². The smallest absolute Gasteiger partial charge is 0.410 e. The van der Waals surface area contributed by atoms with Gasteiger partial charge in [-0.05, 0) is 80.3 Å². The number of urea groups is 1. The maximum Gasteiger partial charge on any atom is 0.410 e. The molecule has 8 heteroatoms. The Balaban J connectivity index is 1.03. The lowest BCUT2D eigenvalue weighted by Crippen LogP contribution is -2.47. The third-order valence-corrected chi connectivity index (χ3v) is 8.98. The second kappa shape index (κ2) is 12.8. The van der Waals surface area contributed by atoms with Crippen molar-refractivity contribution in [3.8, 4) is 5.69 Å². The molecule has 2 saturated heterocycles. The number of piperidine rings is 1. The van der Waals surface area contributed by atoms with Crippen molar-refractivity contribution in [2.45, 2.75) is 83.9 Å². The Morgan fingerprint density at radius 2 is 1.53 bits per heavy atom. The third-order valence-electron chi connectivity index (χ3n) is 8.98. The molecule has 2 aliphatic rings. The van der Waals surface area contributed by atoms with Gasteiger partial charge in [0, 0.05) is 29.3 Å². The Morgan fingerprint density at radius 3 is 2.18 bits per heavy atom. The van der Waals surface area contributed by atoms with Crippen LogP contribution in [-0.4, -0.2) is 38.9 Å². The number of nitrogens with zero attached hydrogens (tertiary/aromatic N) is 3. The molecule has 234 valence electrons. The van der Waals surface area contributed by atoms with Gasteiger partial charge < -0.3 is 15.0 Å². The highest BCUT2D eigenvalue weighted by Gasteiger charge is 2.43. The first-order chi connectivity index (χ1) is 21.6. The molecule has 3 amide bonds. The van der Waals surface area contributed by atoms with Crippen LogP contribution in [0.5, 0.6) is 0 Å². The molecule has 2 unspecified atom stereocenters. The van der Waals surface area contributed by atoms with Gasteiger partial charge in [0.25, 0.3) is 0 Å². The number of ether oxygens (including phenoxy) is 1. The van der Waals surface area contributed by atoms with Gasteiger partial charge in [-0.1, -0.05) is 80.9 Å². The summed E-state index contributed by atoms with van der Waals surface area (Å²) in [5.74, 6) is 1.13. The number of carbonyl (C=O) groups is 2. The van der Waals surface area contributed by atoms with Gasteiger partial charge in [-0.2, -0.15) is 5.10 Å². The van der Waals surface area contributed by atoms with Gasteiger partial charge in [-0.15, -0.1) is 0 Å². The fourth-order valence-electron chi connectivity index (χ4n) is 6.60.